The standard InChI is InChI=1S/C13H15FN2O5/c1-2-21-12(17)4-3-5-15-13(18)9-6-10(14)8-11(7-9)16(19)20/h6-8H,2-5H2,1H3,(H,15,18). The molecule has 0 atom stereocenters. The Morgan fingerprint density at radius 3 is 2.71 bits per heavy atom. The van der Waals surface area contributed by atoms with E-state index >= 15 is 0 Å². The van der Waals surface area contributed by atoms with Crippen molar-refractivity contribution in [2.45, 2.75) is 19.8 Å². The third-order valence-electron chi connectivity index (χ3n) is 2.50. The molecule has 1 aromatic rings. The van der Waals surface area contributed by atoms with Crippen LogP contribution in [-0.4, -0.2) is 30.0 Å². The first-order chi connectivity index (χ1) is 9.93. The first kappa shape index (κ1) is 16.5. The Kier molecular flexibility index (Phi) is 6.25. The van der Waals surface area contributed by atoms with Crippen molar-refractivity contribution in [3.05, 3.63) is 39.7 Å². The Labute approximate surface area is 120 Å². The van der Waals surface area contributed by atoms with Crippen LogP contribution in [-0.2, 0) is 9.53 Å². The molecule has 114 valence electrons. The molecule has 0 aliphatic heterocycles. The van der Waals surface area contributed by atoms with Crippen LogP contribution < -0.4 is 5.32 Å². The number of hydrogen-bond acceptors (Lipinski definition) is 5. The van der Waals surface area contributed by atoms with Gasteiger partial charge in [-0.05, 0) is 19.4 Å². The minimum Gasteiger partial charge on any atom is -0.466 e. The number of rotatable bonds is 7. The number of nitro groups is 1. The molecule has 1 amide bonds. The van der Waals surface area contributed by atoms with Gasteiger partial charge in [0.2, 0.25) is 0 Å². The lowest BCUT2D eigenvalue weighted by Crippen LogP contribution is -2.25. The van der Waals surface area contributed by atoms with E-state index in [9.17, 15) is 24.1 Å². The van der Waals surface area contributed by atoms with E-state index in [1.165, 1.54) is 0 Å². The first-order valence-corrected chi connectivity index (χ1v) is 6.33. The Morgan fingerprint density at radius 2 is 2.10 bits per heavy atom. The molecule has 0 aromatic heterocycles. The predicted molar refractivity (Wildman–Crippen MR) is 71.3 cm³/mol. The summed E-state index contributed by atoms with van der Waals surface area (Å²) in [6, 6.07) is 2.63. The summed E-state index contributed by atoms with van der Waals surface area (Å²) in [6.07, 6.45) is 0.513. The molecule has 0 heterocycles. The van der Waals surface area contributed by atoms with E-state index in [1.54, 1.807) is 6.92 Å². The number of hydrogen-bond donors (Lipinski definition) is 1. The summed E-state index contributed by atoms with van der Waals surface area (Å²) < 4.78 is 17.9. The molecule has 0 aliphatic rings. The number of esters is 1. The van der Waals surface area contributed by atoms with Gasteiger partial charge in [-0.15, -0.1) is 0 Å². The van der Waals surface area contributed by atoms with Gasteiger partial charge in [0.25, 0.3) is 11.6 Å². The zero-order valence-electron chi connectivity index (χ0n) is 11.4. The van der Waals surface area contributed by atoms with Gasteiger partial charge in [-0.1, -0.05) is 0 Å². The number of carbonyl (C=O) groups excluding carboxylic acids is 2. The van der Waals surface area contributed by atoms with Gasteiger partial charge >= 0.3 is 5.97 Å². The smallest absolute Gasteiger partial charge is 0.305 e. The molecule has 0 radical (unpaired) electrons. The van der Waals surface area contributed by atoms with Crippen LogP contribution in [0.1, 0.15) is 30.1 Å². The largest absolute Gasteiger partial charge is 0.466 e. The van der Waals surface area contributed by atoms with Crippen molar-refractivity contribution < 1.29 is 23.6 Å². The molecule has 1 N–H and O–H groups in total. The van der Waals surface area contributed by atoms with Gasteiger partial charge in [-0.25, -0.2) is 4.39 Å². The third-order valence-corrected chi connectivity index (χ3v) is 2.50. The Balaban J connectivity index is 2.52. The van der Waals surface area contributed by atoms with Gasteiger partial charge in [-0.3, -0.25) is 19.7 Å². The average molecular weight is 298 g/mol. The quantitative estimate of drug-likeness (QED) is 0.358. The lowest BCUT2D eigenvalue weighted by molar-refractivity contribution is -0.385. The Hall–Kier alpha value is -2.51. The molecule has 0 spiro atoms. The van der Waals surface area contributed by atoms with Crippen LogP contribution in [0.4, 0.5) is 10.1 Å². The molecule has 0 saturated carbocycles. The van der Waals surface area contributed by atoms with Gasteiger partial charge in [0.05, 0.1) is 17.6 Å². The fourth-order valence-electron chi connectivity index (χ4n) is 1.58. The van der Waals surface area contributed by atoms with Gasteiger partial charge < -0.3 is 10.1 Å². The van der Waals surface area contributed by atoms with Crippen LogP contribution in [0.5, 0.6) is 0 Å². The number of benzene rings is 1. The van der Waals surface area contributed by atoms with Crippen molar-refractivity contribution in [3.8, 4) is 0 Å². The second-order valence-electron chi connectivity index (χ2n) is 4.12. The maximum Gasteiger partial charge on any atom is 0.305 e. The van der Waals surface area contributed by atoms with Crippen LogP contribution in [0.25, 0.3) is 0 Å². The van der Waals surface area contributed by atoms with E-state index in [1.807, 2.05) is 0 Å². The zero-order valence-corrected chi connectivity index (χ0v) is 11.4. The van der Waals surface area contributed by atoms with E-state index in [-0.39, 0.29) is 31.1 Å². The highest BCUT2D eigenvalue weighted by molar-refractivity contribution is 5.94. The molecular formula is C13H15FN2O5. The van der Waals surface area contributed by atoms with E-state index in [4.69, 9.17) is 4.74 Å². The normalized spacial score (nSPS) is 10.0. The van der Waals surface area contributed by atoms with Crippen LogP contribution >= 0.6 is 0 Å². The predicted octanol–water partition coefficient (Wildman–Crippen LogP) is 1.81. The SMILES string of the molecule is CCOC(=O)CCCNC(=O)c1cc(F)cc([N+](=O)[O-])c1. The summed E-state index contributed by atoms with van der Waals surface area (Å²) in [5, 5.41) is 13.0. The van der Waals surface area contributed by atoms with Crippen molar-refractivity contribution in [2.75, 3.05) is 13.2 Å². The monoisotopic (exact) mass is 298 g/mol. The van der Waals surface area contributed by atoms with E-state index < -0.39 is 22.3 Å². The summed E-state index contributed by atoms with van der Waals surface area (Å²) in [5.41, 5.74) is -0.635. The molecule has 0 saturated heterocycles. The molecule has 0 aliphatic carbocycles. The Morgan fingerprint density at radius 1 is 1.38 bits per heavy atom. The third kappa shape index (κ3) is 5.55. The molecule has 21 heavy (non-hydrogen) atoms. The minimum atomic E-state index is -0.860. The summed E-state index contributed by atoms with van der Waals surface area (Å²) in [4.78, 5) is 32.6. The van der Waals surface area contributed by atoms with Gasteiger partial charge in [-0.2, -0.15) is 0 Å². The molecule has 7 nitrogen and oxygen atoms in total. The van der Waals surface area contributed by atoms with Crippen LogP contribution in [0.15, 0.2) is 18.2 Å². The molecule has 0 fully saturated rings. The summed E-state index contributed by atoms with van der Waals surface area (Å²) >= 11 is 0. The maximum atomic E-state index is 13.2. The second kappa shape index (κ2) is 7.93. The second-order valence-corrected chi connectivity index (χ2v) is 4.12. The van der Waals surface area contributed by atoms with E-state index in [0.29, 0.717) is 6.42 Å². The van der Waals surface area contributed by atoms with Crippen molar-refractivity contribution in [3.63, 3.8) is 0 Å². The van der Waals surface area contributed by atoms with Crippen molar-refractivity contribution >= 4 is 17.6 Å². The van der Waals surface area contributed by atoms with Crippen molar-refractivity contribution in [1.29, 1.82) is 0 Å². The van der Waals surface area contributed by atoms with E-state index in [2.05, 4.69) is 5.32 Å². The fourth-order valence-corrected chi connectivity index (χ4v) is 1.58. The van der Waals surface area contributed by atoms with Crippen LogP contribution in [0.2, 0.25) is 0 Å². The lowest BCUT2D eigenvalue weighted by atomic mass is 10.2. The van der Waals surface area contributed by atoms with Crippen molar-refractivity contribution in [2.24, 2.45) is 0 Å². The molecule has 1 rings (SSSR count). The number of ether oxygens (including phenoxy) is 1. The summed E-state index contributed by atoms with van der Waals surface area (Å²) in [7, 11) is 0. The van der Waals surface area contributed by atoms with E-state index in [0.717, 1.165) is 18.2 Å². The molecule has 1 aromatic carbocycles. The topological polar surface area (TPSA) is 98.5 Å². The molecule has 0 bridgehead atoms. The van der Waals surface area contributed by atoms with Gasteiger partial charge in [0, 0.05) is 24.6 Å². The lowest BCUT2D eigenvalue weighted by Gasteiger charge is -2.05. The highest BCUT2D eigenvalue weighted by Crippen LogP contribution is 2.16. The highest BCUT2D eigenvalue weighted by Gasteiger charge is 2.14. The molecule has 8 heteroatoms. The Bertz CT molecular complexity index is 547. The summed E-state index contributed by atoms with van der Waals surface area (Å²) in [6.45, 7) is 2.16. The van der Waals surface area contributed by atoms with Gasteiger partial charge in [0.15, 0.2) is 0 Å². The maximum absolute atomic E-state index is 13.2. The summed E-state index contributed by atoms with van der Waals surface area (Å²) in [5.74, 6) is -1.87. The zero-order chi connectivity index (χ0) is 15.8. The number of nitro benzene ring substituents is 1. The molecular weight excluding hydrogens is 283 g/mol. The number of halogens is 1. The number of nitrogens with one attached hydrogen (secondary N) is 1. The fraction of sp³-hybridized carbons (Fsp3) is 0.385. The van der Waals surface area contributed by atoms with Crippen LogP contribution in [0, 0.1) is 15.9 Å². The van der Waals surface area contributed by atoms with Gasteiger partial charge in [0.1, 0.15) is 5.82 Å². The minimum absolute atomic E-state index is 0.141. The highest BCUT2D eigenvalue weighted by atomic mass is 19.1. The average Bonchev–Trinajstić information content (AvgIpc) is 2.43. The number of carbonyl (C=O) groups is 2. The van der Waals surface area contributed by atoms with Crippen molar-refractivity contribution in [1.82, 2.24) is 5.32 Å². The number of non-ortho nitro benzene ring substituents is 1. The first-order valence-electron chi connectivity index (χ1n) is 6.33. The number of nitrogens with zero attached hydrogens (tertiary/aromatic N) is 1. The van der Waals surface area contributed by atoms with Crippen LogP contribution in [0.3, 0.4) is 0 Å². The number of amides is 1. The molecule has 0 unspecified atom stereocenters.